The fraction of sp³-hybridized carbons (Fsp3) is 0.471. The molecular formula is C17H23N3O6. The molecule has 0 saturated carbocycles. The van der Waals surface area contributed by atoms with E-state index in [0.29, 0.717) is 36.0 Å². The molecule has 1 aromatic carbocycles. The summed E-state index contributed by atoms with van der Waals surface area (Å²) < 4.78 is 15.7. The number of benzene rings is 1. The molecule has 1 heterocycles. The molecular weight excluding hydrogens is 342 g/mol. The van der Waals surface area contributed by atoms with E-state index in [9.17, 15) is 14.4 Å². The molecule has 1 aliphatic rings. The molecule has 0 radical (unpaired) electrons. The molecule has 142 valence electrons. The lowest BCUT2D eigenvalue weighted by Crippen LogP contribution is -2.50. The fourth-order valence-electron chi connectivity index (χ4n) is 2.61. The third kappa shape index (κ3) is 4.78. The number of nitrogens with zero attached hydrogens (tertiary/aromatic N) is 1. The van der Waals surface area contributed by atoms with Gasteiger partial charge in [-0.2, -0.15) is 0 Å². The van der Waals surface area contributed by atoms with Gasteiger partial charge >= 0.3 is 0 Å². The first-order chi connectivity index (χ1) is 12.5. The minimum absolute atomic E-state index is 0.00755. The van der Waals surface area contributed by atoms with E-state index in [1.165, 1.54) is 26.2 Å². The van der Waals surface area contributed by atoms with E-state index in [1.807, 2.05) is 0 Å². The van der Waals surface area contributed by atoms with Crippen molar-refractivity contribution in [2.45, 2.75) is 12.8 Å². The zero-order valence-corrected chi connectivity index (χ0v) is 15.1. The Kier molecular flexibility index (Phi) is 6.65. The van der Waals surface area contributed by atoms with E-state index >= 15 is 0 Å². The maximum atomic E-state index is 12.1. The minimum Gasteiger partial charge on any atom is -0.493 e. The lowest BCUT2D eigenvalue weighted by molar-refractivity contribution is -0.138. The Hall–Kier alpha value is -2.97. The van der Waals surface area contributed by atoms with Gasteiger partial charge in [0.2, 0.25) is 23.5 Å². The van der Waals surface area contributed by atoms with Gasteiger partial charge in [-0.25, -0.2) is 0 Å². The number of carbonyl (C=O) groups is 3. The summed E-state index contributed by atoms with van der Waals surface area (Å²) in [5, 5.41) is 5.35. The summed E-state index contributed by atoms with van der Waals surface area (Å²) in [6.45, 7) is 0.925. The Morgan fingerprint density at radius 2 is 1.77 bits per heavy atom. The summed E-state index contributed by atoms with van der Waals surface area (Å²) in [5.74, 6) is 0.516. The van der Waals surface area contributed by atoms with Crippen molar-refractivity contribution in [3.63, 3.8) is 0 Å². The SMILES string of the molecule is COc1cc(NC(=O)CCC(=O)N2CCNC(=O)C2)cc(OC)c1OC. The molecule has 0 aliphatic carbocycles. The van der Waals surface area contributed by atoms with Crippen LogP contribution in [0.25, 0.3) is 0 Å². The van der Waals surface area contributed by atoms with Gasteiger partial charge in [-0.3, -0.25) is 14.4 Å². The van der Waals surface area contributed by atoms with Crippen molar-refractivity contribution in [2.24, 2.45) is 0 Å². The van der Waals surface area contributed by atoms with Crippen LogP contribution in [0.4, 0.5) is 5.69 Å². The number of piperazine rings is 1. The lowest BCUT2D eigenvalue weighted by atomic mass is 10.2. The molecule has 0 spiro atoms. The molecule has 1 aromatic rings. The monoisotopic (exact) mass is 365 g/mol. The van der Waals surface area contributed by atoms with E-state index < -0.39 is 0 Å². The van der Waals surface area contributed by atoms with Crippen LogP contribution in [0, 0.1) is 0 Å². The minimum atomic E-state index is -0.325. The summed E-state index contributed by atoms with van der Waals surface area (Å²) in [6.07, 6.45) is 0.0388. The molecule has 0 unspecified atom stereocenters. The number of ether oxygens (including phenoxy) is 3. The highest BCUT2D eigenvalue weighted by Gasteiger charge is 2.21. The first-order valence-corrected chi connectivity index (χ1v) is 8.12. The Morgan fingerprint density at radius 3 is 2.31 bits per heavy atom. The molecule has 2 rings (SSSR count). The quantitative estimate of drug-likeness (QED) is 0.724. The molecule has 0 aromatic heterocycles. The number of hydrogen-bond donors (Lipinski definition) is 2. The summed E-state index contributed by atoms with van der Waals surface area (Å²) >= 11 is 0. The van der Waals surface area contributed by atoms with Crippen LogP contribution in [0.1, 0.15) is 12.8 Å². The van der Waals surface area contributed by atoms with Gasteiger partial charge in [-0.1, -0.05) is 0 Å². The highest BCUT2D eigenvalue weighted by atomic mass is 16.5. The second kappa shape index (κ2) is 8.93. The molecule has 26 heavy (non-hydrogen) atoms. The molecule has 9 nitrogen and oxygen atoms in total. The number of anilines is 1. The number of methoxy groups -OCH3 is 3. The number of hydrogen-bond acceptors (Lipinski definition) is 6. The first-order valence-electron chi connectivity index (χ1n) is 8.12. The van der Waals surface area contributed by atoms with Crippen molar-refractivity contribution >= 4 is 23.4 Å². The van der Waals surface area contributed by atoms with Crippen LogP contribution >= 0.6 is 0 Å². The second-order valence-electron chi connectivity index (χ2n) is 5.63. The number of rotatable bonds is 7. The van der Waals surface area contributed by atoms with Crippen LogP contribution in [0.3, 0.4) is 0 Å². The fourth-order valence-corrected chi connectivity index (χ4v) is 2.61. The molecule has 3 amide bonds. The van der Waals surface area contributed by atoms with Crippen LogP contribution in [0.2, 0.25) is 0 Å². The van der Waals surface area contributed by atoms with Crippen molar-refractivity contribution in [1.29, 1.82) is 0 Å². The largest absolute Gasteiger partial charge is 0.493 e. The maximum Gasteiger partial charge on any atom is 0.239 e. The number of amides is 3. The summed E-state index contributed by atoms with van der Waals surface area (Å²) in [5.41, 5.74) is 0.467. The lowest BCUT2D eigenvalue weighted by Gasteiger charge is -2.26. The Morgan fingerprint density at radius 1 is 1.12 bits per heavy atom. The van der Waals surface area contributed by atoms with Crippen LogP contribution in [-0.2, 0) is 14.4 Å². The normalized spacial score (nSPS) is 13.7. The average molecular weight is 365 g/mol. The third-order valence-corrected chi connectivity index (χ3v) is 3.91. The zero-order chi connectivity index (χ0) is 19.1. The van der Waals surface area contributed by atoms with Crippen molar-refractivity contribution in [3.8, 4) is 17.2 Å². The van der Waals surface area contributed by atoms with Gasteiger partial charge in [0.1, 0.15) is 0 Å². The molecule has 0 bridgehead atoms. The van der Waals surface area contributed by atoms with Crippen LogP contribution < -0.4 is 24.8 Å². The Balaban J connectivity index is 1.95. The Bertz CT molecular complexity index is 666. The van der Waals surface area contributed by atoms with Gasteiger partial charge in [0, 0.05) is 43.8 Å². The van der Waals surface area contributed by atoms with E-state index in [1.54, 1.807) is 12.1 Å². The van der Waals surface area contributed by atoms with Crippen LogP contribution in [-0.4, -0.2) is 63.6 Å². The number of carbonyl (C=O) groups excluding carboxylic acids is 3. The highest BCUT2D eigenvalue weighted by molar-refractivity contribution is 5.94. The molecule has 9 heteroatoms. The van der Waals surface area contributed by atoms with Crippen LogP contribution in [0.15, 0.2) is 12.1 Å². The molecule has 0 atom stereocenters. The predicted molar refractivity (Wildman–Crippen MR) is 93.6 cm³/mol. The van der Waals surface area contributed by atoms with E-state index in [-0.39, 0.29) is 37.1 Å². The molecule has 2 N–H and O–H groups in total. The average Bonchev–Trinajstić information content (AvgIpc) is 2.65. The number of nitrogens with one attached hydrogen (secondary N) is 2. The van der Waals surface area contributed by atoms with Gasteiger partial charge in [-0.05, 0) is 0 Å². The summed E-state index contributed by atoms with van der Waals surface area (Å²) in [6, 6.07) is 3.21. The van der Waals surface area contributed by atoms with Crippen molar-refractivity contribution in [3.05, 3.63) is 12.1 Å². The van der Waals surface area contributed by atoms with Gasteiger partial charge in [-0.15, -0.1) is 0 Å². The van der Waals surface area contributed by atoms with E-state index in [2.05, 4.69) is 10.6 Å². The third-order valence-electron chi connectivity index (χ3n) is 3.91. The molecule has 1 saturated heterocycles. The molecule has 1 aliphatic heterocycles. The topological polar surface area (TPSA) is 106 Å². The van der Waals surface area contributed by atoms with Crippen molar-refractivity contribution in [1.82, 2.24) is 10.2 Å². The van der Waals surface area contributed by atoms with Gasteiger partial charge < -0.3 is 29.7 Å². The zero-order valence-electron chi connectivity index (χ0n) is 15.1. The first kappa shape index (κ1) is 19.4. The summed E-state index contributed by atoms with van der Waals surface area (Å²) in [4.78, 5) is 37.0. The van der Waals surface area contributed by atoms with Crippen molar-refractivity contribution < 1.29 is 28.6 Å². The molecule has 1 fully saturated rings. The maximum absolute atomic E-state index is 12.1. The summed E-state index contributed by atoms with van der Waals surface area (Å²) in [7, 11) is 4.46. The van der Waals surface area contributed by atoms with E-state index in [4.69, 9.17) is 14.2 Å². The van der Waals surface area contributed by atoms with Gasteiger partial charge in [0.15, 0.2) is 11.5 Å². The van der Waals surface area contributed by atoms with Gasteiger partial charge in [0.05, 0.1) is 27.9 Å². The van der Waals surface area contributed by atoms with Crippen molar-refractivity contribution in [2.75, 3.05) is 46.3 Å². The smallest absolute Gasteiger partial charge is 0.239 e. The standard InChI is InChI=1S/C17H23N3O6/c1-24-12-8-11(9-13(25-2)17(12)26-3)19-14(21)4-5-16(23)20-7-6-18-15(22)10-20/h8-9H,4-7,10H2,1-3H3,(H,18,22)(H,19,21). The predicted octanol–water partition coefficient (Wildman–Crippen LogP) is 0.390. The second-order valence-corrected chi connectivity index (χ2v) is 5.63. The van der Waals surface area contributed by atoms with Gasteiger partial charge in [0.25, 0.3) is 0 Å². The van der Waals surface area contributed by atoms with Crippen LogP contribution in [0.5, 0.6) is 17.2 Å². The van der Waals surface area contributed by atoms with E-state index in [0.717, 1.165) is 0 Å². The highest BCUT2D eigenvalue weighted by Crippen LogP contribution is 2.39. The Labute approximate surface area is 151 Å².